The summed E-state index contributed by atoms with van der Waals surface area (Å²) < 4.78 is 5.15. The summed E-state index contributed by atoms with van der Waals surface area (Å²) in [6, 6.07) is 0.811. The molecule has 1 heterocycles. The van der Waals surface area contributed by atoms with Crippen molar-refractivity contribution in [1.29, 1.82) is 0 Å². The molecule has 18 heavy (non-hydrogen) atoms. The maximum absolute atomic E-state index is 5.15. The van der Waals surface area contributed by atoms with E-state index in [0.29, 0.717) is 0 Å². The van der Waals surface area contributed by atoms with Gasteiger partial charge in [-0.05, 0) is 33.7 Å². The zero-order valence-corrected chi connectivity index (χ0v) is 11.8. The second kappa shape index (κ2) is 6.34. The molecule has 0 amide bonds. The highest BCUT2D eigenvalue weighted by Crippen LogP contribution is 2.21. The predicted molar refractivity (Wildman–Crippen MR) is 72.6 cm³/mol. The highest BCUT2D eigenvalue weighted by Gasteiger charge is 2.18. The van der Waals surface area contributed by atoms with E-state index in [4.69, 9.17) is 4.52 Å². The fourth-order valence-corrected chi connectivity index (χ4v) is 2.75. The highest BCUT2D eigenvalue weighted by atomic mass is 16.5. The van der Waals surface area contributed by atoms with Crippen LogP contribution in [0.5, 0.6) is 0 Å². The first-order chi connectivity index (χ1) is 8.68. The molecule has 2 rings (SSSR count). The first-order valence-electron chi connectivity index (χ1n) is 7.01. The van der Waals surface area contributed by atoms with E-state index in [9.17, 15) is 0 Å². The Hall–Kier alpha value is -0.870. The lowest BCUT2D eigenvalue weighted by molar-refractivity contribution is 0.245. The molecule has 0 radical (unpaired) electrons. The molecular weight excluding hydrogens is 226 g/mol. The highest BCUT2D eigenvalue weighted by molar-refractivity contribution is 5.20. The van der Waals surface area contributed by atoms with Crippen LogP contribution in [0.25, 0.3) is 0 Å². The van der Waals surface area contributed by atoms with E-state index in [2.05, 4.69) is 22.4 Å². The summed E-state index contributed by atoms with van der Waals surface area (Å²) in [5.41, 5.74) is 2.21. The molecule has 4 heteroatoms. The maximum Gasteiger partial charge on any atom is 0.138 e. The van der Waals surface area contributed by atoms with Gasteiger partial charge in [0.25, 0.3) is 0 Å². The first kappa shape index (κ1) is 13.6. The van der Waals surface area contributed by atoms with Gasteiger partial charge in [-0.3, -0.25) is 0 Å². The molecule has 1 aromatic rings. The molecule has 0 bridgehead atoms. The Balaban J connectivity index is 1.66. The van der Waals surface area contributed by atoms with Crippen LogP contribution < -0.4 is 5.32 Å². The molecule has 102 valence electrons. The second-order valence-corrected chi connectivity index (χ2v) is 5.40. The summed E-state index contributed by atoms with van der Waals surface area (Å²) in [7, 11) is 2.24. The van der Waals surface area contributed by atoms with E-state index < -0.39 is 0 Å². The molecule has 0 aromatic carbocycles. The Morgan fingerprint density at radius 3 is 2.67 bits per heavy atom. The molecule has 0 atom stereocenters. The van der Waals surface area contributed by atoms with Gasteiger partial charge in [-0.25, -0.2) is 0 Å². The number of nitrogens with zero attached hydrogens (tertiary/aromatic N) is 2. The number of hydrogen-bond donors (Lipinski definition) is 1. The van der Waals surface area contributed by atoms with Crippen LogP contribution in [0.4, 0.5) is 0 Å². The lowest BCUT2D eigenvalue weighted by Crippen LogP contribution is -2.35. The number of nitrogens with one attached hydrogen (secondary N) is 1. The minimum atomic E-state index is 0.811. The van der Waals surface area contributed by atoms with Gasteiger partial charge in [0.15, 0.2) is 0 Å². The molecule has 0 aliphatic heterocycles. The summed E-state index contributed by atoms with van der Waals surface area (Å²) in [4.78, 5) is 2.49. The summed E-state index contributed by atoms with van der Waals surface area (Å²) in [6.45, 7) is 6.98. The van der Waals surface area contributed by atoms with Crippen molar-refractivity contribution < 1.29 is 4.52 Å². The average molecular weight is 251 g/mol. The van der Waals surface area contributed by atoms with Crippen LogP contribution in [0.15, 0.2) is 4.52 Å². The third-order valence-corrected chi connectivity index (χ3v) is 4.07. The van der Waals surface area contributed by atoms with Crippen LogP contribution in [0.3, 0.4) is 0 Å². The Morgan fingerprint density at radius 1 is 1.33 bits per heavy atom. The minimum absolute atomic E-state index is 0.811. The normalized spacial score (nSPS) is 16.9. The quantitative estimate of drug-likeness (QED) is 0.787. The van der Waals surface area contributed by atoms with Gasteiger partial charge in [0, 0.05) is 31.2 Å². The molecule has 0 saturated heterocycles. The summed E-state index contributed by atoms with van der Waals surface area (Å²) >= 11 is 0. The number of hydrogen-bond acceptors (Lipinski definition) is 4. The minimum Gasteiger partial charge on any atom is -0.361 e. The third kappa shape index (κ3) is 3.33. The fourth-order valence-electron chi connectivity index (χ4n) is 2.75. The van der Waals surface area contributed by atoms with Crippen molar-refractivity contribution in [2.24, 2.45) is 0 Å². The van der Waals surface area contributed by atoms with Gasteiger partial charge in [0.05, 0.1) is 5.69 Å². The molecule has 1 N–H and O–H groups in total. The van der Waals surface area contributed by atoms with Gasteiger partial charge in [-0.2, -0.15) is 0 Å². The lowest BCUT2D eigenvalue weighted by atomic mass is 10.2. The molecule has 0 unspecified atom stereocenters. The van der Waals surface area contributed by atoms with E-state index in [-0.39, 0.29) is 0 Å². The standard InChI is InChI=1S/C14H25N3O/c1-11-14(12(2)18-16-11)10-15-8-9-17(3)13-6-4-5-7-13/h13,15H,4-10H2,1-3H3. The van der Waals surface area contributed by atoms with E-state index in [1.807, 2.05) is 13.8 Å². The van der Waals surface area contributed by atoms with Gasteiger partial charge in [0.2, 0.25) is 0 Å². The molecule has 1 aliphatic rings. The third-order valence-electron chi connectivity index (χ3n) is 4.07. The lowest BCUT2D eigenvalue weighted by Gasteiger charge is -2.23. The SMILES string of the molecule is Cc1noc(C)c1CNCCN(C)C1CCCC1. The molecule has 0 spiro atoms. The van der Waals surface area contributed by atoms with Crippen LogP contribution in [0.1, 0.15) is 42.7 Å². The number of likely N-dealkylation sites (N-methyl/N-ethyl adjacent to an activating group) is 1. The molecule has 1 aromatic heterocycles. The number of aryl methyl sites for hydroxylation is 2. The van der Waals surface area contributed by atoms with E-state index in [0.717, 1.165) is 37.1 Å². The van der Waals surface area contributed by atoms with E-state index in [1.165, 1.54) is 31.2 Å². The van der Waals surface area contributed by atoms with Crippen molar-refractivity contribution in [1.82, 2.24) is 15.4 Å². The van der Waals surface area contributed by atoms with Gasteiger partial charge >= 0.3 is 0 Å². The van der Waals surface area contributed by atoms with Crippen molar-refractivity contribution >= 4 is 0 Å². The van der Waals surface area contributed by atoms with Gasteiger partial charge in [-0.1, -0.05) is 18.0 Å². The van der Waals surface area contributed by atoms with Crippen molar-refractivity contribution in [3.63, 3.8) is 0 Å². The molecule has 1 aliphatic carbocycles. The monoisotopic (exact) mass is 251 g/mol. The maximum atomic E-state index is 5.15. The summed E-state index contributed by atoms with van der Waals surface area (Å²) in [5, 5.41) is 7.45. The van der Waals surface area contributed by atoms with Crippen molar-refractivity contribution in [2.75, 3.05) is 20.1 Å². The Bertz CT molecular complexity index is 350. The second-order valence-electron chi connectivity index (χ2n) is 5.40. The van der Waals surface area contributed by atoms with Crippen LogP contribution >= 0.6 is 0 Å². The van der Waals surface area contributed by atoms with Crippen molar-refractivity contribution in [3.8, 4) is 0 Å². The van der Waals surface area contributed by atoms with Crippen molar-refractivity contribution in [2.45, 2.75) is 52.1 Å². The molecule has 4 nitrogen and oxygen atoms in total. The zero-order chi connectivity index (χ0) is 13.0. The number of aromatic nitrogens is 1. The van der Waals surface area contributed by atoms with Crippen LogP contribution in [-0.2, 0) is 6.54 Å². The Morgan fingerprint density at radius 2 is 2.06 bits per heavy atom. The Labute approximate surface area is 110 Å². The molecule has 1 saturated carbocycles. The summed E-state index contributed by atoms with van der Waals surface area (Å²) in [5.74, 6) is 0.934. The fraction of sp³-hybridized carbons (Fsp3) is 0.786. The van der Waals surface area contributed by atoms with Crippen LogP contribution in [0, 0.1) is 13.8 Å². The van der Waals surface area contributed by atoms with Gasteiger partial charge < -0.3 is 14.7 Å². The van der Waals surface area contributed by atoms with E-state index in [1.54, 1.807) is 0 Å². The topological polar surface area (TPSA) is 41.3 Å². The molecule has 1 fully saturated rings. The summed E-state index contributed by atoms with van der Waals surface area (Å²) in [6.07, 6.45) is 5.56. The Kier molecular flexibility index (Phi) is 4.78. The van der Waals surface area contributed by atoms with Crippen LogP contribution in [0.2, 0.25) is 0 Å². The first-order valence-corrected chi connectivity index (χ1v) is 7.01. The van der Waals surface area contributed by atoms with Gasteiger partial charge in [-0.15, -0.1) is 0 Å². The smallest absolute Gasteiger partial charge is 0.138 e. The largest absolute Gasteiger partial charge is 0.361 e. The predicted octanol–water partition coefficient (Wildman–Crippen LogP) is 2.26. The molecular formula is C14H25N3O. The average Bonchev–Trinajstić information content (AvgIpc) is 2.97. The van der Waals surface area contributed by atoms with E-state index >= 15 is 0 Å². The van der Waals surface area contributed by atoms with Gasteiger partial charge in [0.1, 0.15) is 5.76 Å². The van der Waals surface area contributed by atoms with Crippen LogP contribution in [-0.4, -0.2) is 36.2 Å². The van der Waals surface area contributed by atoms with Crippen molar-refractivity contribution in [3.05, 3.63) is 17.0 Å². The number of rotatable bonds is 6. The zero-order valence-electron chi connectivity index (χ0n) is 11.8.